The van der Waals surface area contributed by atoms with E-state index in [1.165, 1.54) is 0 Å². The van der Waals surface area contributed by atoms with E-state index in [1.54, 1.807) is 10.6 Å². The average Bonchev–Trinajstić information content (AvgIpc) is 3.31. The fourth-order valence-electron chi connectivity index (χ4n) is 5.04. The third-order valence-electron chi connectivity index (χ3n) is 6.86. The van der Waals surface area contributed by atoms with Crippen molar-refractivity contribution in [3.8, 4) is 11.1 Å². The third-order valence-corrected chi connectivity index (χ3v) is 6.86. The first-order valence-corrected chi connectivity index (χ1v) is 11.4. The van der Waals surface area contributed by atoms with Crippen LogP contribution in [0.15, 0.2) is 33.5 Å². The topological polar surface area (TPSA) is 77.3 Å². The number of hydrogen-bond acceptors (Lipinski definition) is 5. The summed E-state index contributed by atoms with van der Waals surface area (Å²) in [5, 5.41) is 0.759. The number of pyridine rings is 1. The quantitative estimate of drug-likeness (QED) is 0.447. The van der Waals surface area contributed by atoms with Crippen LogP contribution in [-0.4, -0.2) is 27.5 Å². The lowest BCUT2D eigenvalue weighted by Gasteiger charge is -2.16. The molecule has 8 heteroatoms. The Morgan fingerprint density at radius 2 is 1.88 bits per heavy atom. The van der Waals surface area contributed by atoms with Gasteiger partial charge in [0.15, 0.2) is 11.1 Å². The lowest BCUT2D eigenvalue weighted by atomic mass is 9.96. The van der Waals surface area contributed by atoms with Crippen molar-refractivity contribution in [1.82, 2.24) is 14.5 Å². The van der Waals surface area contributed by atoms with Gasteiger partial charge in [-0.1, -0.05) is 6.07 Å². The number of likely N-dealkylation sites (tertiary alicyclic amines) is 1. The Morgan fingerprint density at radius 1 is 1.12 bits per heavy atom. The molecule has 0 unspecified atom stereocenters. The van der Waals surface area contributed by atoms with Crippen molar-refractivity contribution in [1.29, 1.82) is 0 Å². The summed E-state index contributed by atoms with van der Waals surface area (Å²) in [6.45, 7) is 4.40. The van der Waals surface area contributed by atoms with Gasteiger partial charge in [0.05, 0.1) is 17.7 Å². The zero-order valence-corrected chi connectivity index (χ0v) is 18.3. The van der Waals surface area contributed by atoms with Crippen LogP contribution in [-0.2, 0) is 6.54 Å². The van der Waals surface area contributed by atoms with Gasteiger partial charge in [0.1, 0.15) is 11.6 Å². The van der Waals surface area contributed by atoms with Crippen LogP contribution >= 0.6 is 0 Å². The summed E-state index contributed by atoms with van der Waals surface area (Å²) in [6, 6.07) is 5.74. The fourth-order valence-corrected chi connectivity index (χ4v) is 5.04. The monoisotopic (exact) mass is 450 g/mol. The van der Waals surface area contributed by atoms with E-state index in [0.717, 1.165) is 56.3 Å². The summed E-state index contributed by atoms with van der Waals surface area (Å²) in [7, 11) is 0. The van der Waals surface area contributed by atoms with Crippen molar-refractivity contribution in [2.75, 3.05) is 18.8 Å². The van der Waals surface area contributed by atoms with Gasteiger partial charge < -0.3 is 14.7 Å². The minimum atomic E-state index is -0.678. The molecule has 2 N–H and O–H groups in total. The average molecular weight is 450 g/mol. The van der Waals surface area contributed by atoms with Crippen molar-refractivity contribution >= 4 is 27.7 Å². The molecule has 0 bridgehead atoms. The number of nitrogens with two attached hydrogens (primary N) is 1. The van der Waals surface area contributed by atoms with Crippen LogP contribution in [0.3, 0.4) is 0 Å². The number of halogens is 2. The van der Waals surface area contributed by atoms with E-state index < -0.39 is 11.6 Å². The van der Waals surface area contributed by atoms with E-state index in [-0.39, 0.29) is 22.9 Å². The molecule has 2 fully saturated rings. The zero-order chi connectivity index (χ0) is 22.9. The largest absolute Gasteiger partial charge is 0.438 e. The Morgan fingerprint density at radius 3 is 2.61 bits per heavy atom. The maximum atomic E-state index is 14.7. The predicted molar refractivity (Wildman–Crippen MR) is 123 cm³/mol. The number of hydrogen-bond donors (Lipinski definition) is 1. The first-order valence-electron chi connectivity index (χ1n) is 11.4. The normalized spacial score (nSPS) is 16.9. The highest BCUT2D eigenvalue weighted by atomic mass is 19.1. The van der Waals surface area contributed by atoms with Crippen LogP contribution in [0.2, 0.25) is 0 Å². The van der Waals surface area contributed by atoms with Gasteiger partial charge in [-0.15, -0.1) is 0 Å². The van der Waals surface area contributed by atoms with E-state index in [9.17, 15) is 13.6 Å². The summed E-state index contributed by atoms with van der Waals surface area (Å²) in [5.74, 6) is -0.750. The number of aryl methyl sites for hydroxylation is 1. The van der Waals surface area contributed by atoms with Crippen molar-refractivity contribution in [2.45, 2.75) is 45.2 Å². The fraction of sp³-hybridized carbons (Fsp3) is 0.360. The van der Waals surface area contributed by atoms with Crippen LogP contribution in [0, 0.1) is 18.6 Å². The molecular weight excluding hydrogens is 426 g/mol. The van der Waals surface area contributed by atoms with Gasteiger partial charge >= 0.3 is 0 Å². The lowest BCUT2D eigenvalue weighted by molar-refractivity contribution is 0.295. The molecule has 6 rings (SSSR count). The SMILES string of the molecule is Cc1c(-c2cc(F)c(N)cc2F)ccc2c3oc(CN4CCCC4)nc3c(=O)n(C3CC3)c12. The molecule has 0 amide bonds. The maximum Gasteiger partial charge on any atom is 0.281 e. The molecule has 6 nitrogen and oxygen atoms in total. The number of oxazole rings is 1. The highest BCUT2D eigenvalue weighted by Crippen LogP contribution is 2.41. The summed E-state index contributed by atoms with van der Waals surface area (Å²) in [5.41, 5.74) is 7.90. The van der Waals surface area contributed by atoms with Crippen LogP contribution in [0.4, 0.5) is 14.5 Å². The minimum Gasteiger partial charge on any atom is -0.438 e. The number of rotatable bonds is 4. The Kier molecular flexibility index (Phi) is 4.55. The molecule has 33 heavy (non-hydrogen) atoms. The van der Waals surface area contributed by atoms with E-state index >= 15 is 0 Å². The van der Waals surface area contributed by atoms with Gasteiger partial charge in [0, 0.05) is 23.1 Å². The standard InChI is InChI=1S/C25H24F2N4O2/c1-13-15(17-10-19(27)20(28)11-18(17)26)6-7-16-23(13)31(14-4-5-14)25(32)22-24(16)33-21(29-22)12-30-8-2-3-9-30/h6-7,10-11,14H,2-5,8-9,12,28H2,1H3. The number of aromatic nitrogens is 2. The summed E-state index contributed by atoms with van der Waals surface area (Å²) in [6.07, 6.45) is 4.10. The molecule has 2 aromatic heterocycles. The second-order valence-electron chi connectivity index (χ2n) is 9.16. The Hall–Kier alpha value is -3.26. The molecule has 1 aliphatic heterocycles. The van der Waals surface area contributed by atoms with E-state index in [4.69, 9.17) is 10.2 Å². The number of benzene rings is 2. The number of fused-ring (bicyclic) bond motifs is 3. The molecule has 1 saturated carbocycles. The highest BCUT2D eigenvalue weighted by Gasteiger charge is 2.30. The lowest BCUT2D eigenvalue weighted by Crippen LogP contribution is -2.21. The van der Waals surface area contributed by atoms with Crippen LogP contribution in [0.1, 0.15) is 43.2 Å². The van der Waals surface area contributed by atoms with Crippen molar-refractivity contribution in [3.63, 3.8) is 0 Å². The Balaban J connectivity index is 1.60. The molecule has 170 valence electrons. The zero-order valence-electron chi connectivity index (χ0n) is 18.3. The van der Waals surface area contributed by atoms with E-state index in [0.29, 0.717) is 40.2 Å². The van der Waals surface area contributed by atoms with Gasteiger partial charge in [-0.2, -0.15) is 0 Å². The molecule has 2 aromatic carbocycles. The Bertz CT molecular complexity index is 1480. The van der Waals surface area contributed by atoms with Crippen LogP contribution in [0.5, 0.6) is 0 Å². The minimum absolute atomic E-state index is 0.0742. The van der Waals surface area contributed by atoms with Crippen LogP contribution in [0.25, 0.3) is 33.1 Å². The maximum absolute atomic E-state index is 14.7. The highest BCUT2D eigenvalue weighted by molar-refractivity contribution is 6.04. The summed E-state index contributed by atoms with van der Waals surface area (Å²) < 4.78 is 36.8. The van der Waals surface area contributed by atoms with Gasteiger partial charge in [0.25, 0.3) is 5.56 Å². The van der Waals surface area contributed by atoms with Gasteiger partial charge in [-0.25, -0.2) is 13.8 Å². The molecule has 3 heterocycles. The number of nitrogens with zero attached hydrogens (tertiary/aromatic N) is 3. The summed E-state index contributed by atoms with van der Waals surface area (Å²) in [4.78, 5) is 20.4. The summed E-state index contributed by atoms with van der Waals surface area (Å²) >= 11 is 0. The number of anilines is 1. The second-order valence-corrected chi connectivity index (χ2v) is 9.16. The van der Waals surface area contributed by atoms with Crippen molar-refractivity contribution in [3.05, 3.63) is 57.7 Å². The van der Waals surface area contributed by atoms with Gasteiger partial charge in [0.2, 0.25) is 5.89 Å². The van der Waals surface area contributed by atoms with Gasteiger partial charge in [-0.3, -0.25) is 9.69 Å². The van der Waals surface area contributed by atoms with E-state index in [1.807, 2.05) is 13.0 Å². The molecule has 0 radical (unpaired) electrons. The second kappa shape index (κ2) is 7.38. The molecule has 0 spiro atoms. The van der Waals surface area contributed by atoms with Crippen LogP contribution < -0.4 is 11.3 Å². The molecule has 4 aromatic rings. The smallest absolute Gasteiger partial charge is 0.281 e. The van der Waals surface area contributed by atoms with Crippen molar-refractivity contribution < 1.29 is 13.2 Å². The first-order chi connectivity index (χ1) is 15.9. The number of nitrogen functional groups attached to an aromatic ring is 1. The first kappa shape index (κ1) is 20.4. The molecular formula is C25H24F2N4O2. The third kappa shape index (κ3) is 3.23. The van der Waals surface area contributed by atoms with Crippen molar-refractivity contribution in [2.24, 2.45) is 0 Å². The van der Waals surface area contributed by atoms with Gasteiger partial charge in [-0.05, 0) is 69.0 Å². The molecule has 1 saturated heterocycles. The molecule has 0 atom stereocenters. The molecule has 2 aliphatic rings. The van der Waals surface area contributed by atoms with E-state index in [2.05, 4.69) is 9.88 Å². The molecule has 1 aliphatic carbocycles. The predicted octanol–water partition coefficient (Wildman–Crippen LogP) is 4.91. The Labute approximate surface area is 188 Å².